The molecule has 0 aliphatic rings. The van der Waals surface area contributed by atoms with Crippen LogP contribution in [0.15, 0.2) is 18.2 Å². The minimum Gasteiger partial charge on any atom is -0.490 e. The lowest BCUT2D eigenvalue weighted by atomic mass is 10.2. The number of carbonyl (C=O) groups is 1. The highest BCUT2D eigenvalue weighted by atomic mass is 19.3. The lowest BCUT2D eigenvalue weighted by Crippen LogP contribution is -2.36. The molecule has 0 radical (unpaired) electrons. The Morgan fingerprint density at radius 3 is 2.68 bits per heavy atom. The molecule has 124 valence electrons. The van der Waals surface area contributed by atoms with E-state index in [1.54, 1.807) is 19.1 Å². The molecule has 1 aromatic carbocycles. The van der Waals surface area contributed by atoms with Gasteiger partial charge in [0, 0.05) is 20.2 Å². The van der Waals surface area contributed by atoms with Gasteiger partial charge in [-0.2, -0.15) is 8.78 Å². The Morgan fingerprint density at radius 2 is 2.05 bits per heavy atom. The summed E-state index contributed by atoms with van der Waals surface area (Å²) in [5.41, 5.74) is 0.701. The molecule has 8 heteroatoms. The van der Waals surface area contributed by atoms with E-state index in [9.17, 15) is 13.6 Å². The Bertz CT molecular complexity index is 472. The lowest BCUT2D eigenvalue weighted by Gasteiger charge is -2.13. The van der Waals surface area contributed by atoms with Crippen molar-refractivity contribution in [1.82, 2.24) is 10.6 Å². The predicted octanol–water partition coefficient (Wildman–Crippen LogP) is 2.13. The number of halogens is 2. The Kier molecular flexibility index (Phi) is 7.98. The van der Waals surface area contributed by atoms with Gasteiger partial charge in [0.15, 0.2) is 11.5 Å². The van der Waals surface area contributed by atoms with Gasteiger partial charge in [0.25, 0.3) is 0 Å². The molecule has 0 atom stereocenters. The van der Waals surface area contributed by atoms with Gasteiger partial charge in [-0.3, -0.25) is 0 Å². The maximum Gasteiger partial charge on any atom is 0.387 e. The summed E-state index contributed by atoms with van der Waals surface area (Å²) in [5.74, 6) is 0.173. The quantitative estimate of drug-likeness (QED) is 0.685. The fraction of sp³-hybridized carbons (Fsp3) is 0.500. The van der Waals surface area contributed by atoms with Crippen LogP contribution in [0.5, 0.6) is 11.5 Å². The van der Waals surface area contributed by atoms with E-state index in [-0.39, 0.29) is 24.1 Å². The van der Waals surface area contributed by atoms with E-state index < -0.39 is 6.61 Å². The number of urea groups is 1. The van der Waals surface area contributed by atoms with Crippen molar-refractivity contribution in [2.24, 2.45) is 0 Å². The van der Waals surface area contributed by atoms with Crippen molar-refractivity contribution in [3.63, 3.8) is 0 Å². The molecule has 0 aliphatic carbocycles. The van der Waals surface area contributed by atoms with Crippen molar-refractivity contribution in [2.45, 2.75) is 20.1 Å². The van der Waals surface area contributed by atoms with Gasteiger partial charge in [-0.25, -0.2) is 4.79 Å². The van der Waals surface area contributed by atoms with Crippen LogP contribution < -0.4 is 20.1 Å². The number of hydrogen-bond donors (Lipinski definition) is 2. The van der Waals surface area contributed by atoms with Crippen molar-refractivity contribution in [3.8, 4) is 11.5 Å². The minimum absolute atomic E-state index is 0.0369. The van der Waals surface area contributed by atoms with Crippen LogP contribution in [-0.4, -0.2) is 39.5 Å². The molecule has 0 aromatic heterocycles. The van der Waals surface area contributed by atoms with Gasteiger partial charge < -0.3 is 24.8 Å². The van der Waals surface area contributed by atoms with Crippen LogP contribution in [0.3, 0.4) is 0 Å². The van der Waals surface area contributed by atoms with Crippen molar-refractivity contribution >= 4 is 6.03 Å². The molecule has 1 rings (SSSR count). The first-order valence-electron chi connectivity index (χ1n) is 6.78. The topological polar surface area (TPSA) is 68.8 Å². The van der Waals surface area contributed by atoms with E-state index in [0.29, 0.717) is 25.3 Å². The zero-order valence-electron chi connectivity index (χ0n) is 12.5. The highest BCUT2D eigenvalue weighted by Crippen LogP contribution is 2.29. The molecule has 1 aromatic rings. The fourth-order valence-electron chi connectivity index (χ4n) is 1.64. The molecule has 0 bridgehead atoms. The number of ether oxygens (including phenoxy) is 3. The SMILES string of the molecule is CCOc1cc(CNC(=O)NCCOC)ccc1OC(F)F. The second kappa shape index (κ2) is 9.78. The maximum absolute atomic E-state index is 12.3. The first kappa shape index (κ1) is 18.0. The van der Waals surface area contributed by atoms with Crippen LogP contribution >= 0.6 is 0 Å². The molecule has 6 nitrogen and oxygen atoms in total. The van der Waals surface area contributed by atoms with E-state index in [0.717, 1.165) is 0 Å². The Labute approximate surface area is 127 Å². The molecule has 2 amide bonds. The summed E-state index contributed by atoms with van der Waals surface area (Å²) >= 11 is 0. The van der Waals surface area contributed by atoms with E-state index in [2.05, 4.69) is 15.4 Å². The summed E-state index contributed by atoms with van der Waals surface area (Å²) in [6.07, 6.45) is 0. The van der Waals surface area contributed by atoms with Gasteiger partial charge >= 0.3 is 12.6 Å². The highest BCUT2D eigenvalue weighted by molar-refractivity contribution is 5.73. The van der Waals surface area contributed by atoms with Gasteiger partial charge in [-0.05, 0) is 24.6 Å². The molecule has 22 heavy (non-hydrogen) atoms. The Morgan fingerprint density at radius 1 is 1.27 bits per heavy atom. The number of hydrogen-bond acceptors (Lipinski definition) is 4. The third-order valence-electron chi connectivity index (χ3n) is 2.57. The average Bonchev–Trinajstić information content (AvgIpc) is 2.47. The summed E-state index contributed by atoms with van der Waals surface area (Å²) in [6, 6.07) is 4.17. The maximum atomic E-state index is 12.3. The number of rotatable bonds is 9. The fourth-order valence-corrected chi connectivity index (χ4v) is 1.64. The minimum atomic E-state index is -2.92. The average molecular weight is 318 g/mol. The van der Waals surface area contributed by atoms with E-state index in [1.165, 1.54) is 13.2 Å². The van der Waals surface area contributed by atoms with Gasteiger partial charge in [0.2, 0.25) is 0 Å². The van der Waals surface area contributed by atoms with Crippen LogP contribution in [0.2, 0.25) is 0 Å². The smallest absolute Gasteiger partial charge is 0.387 e. The van der Waals surface area contributed by atoms with Crippen molar-refractivity contribution in [1.29, 1.82) is 0 Å². The highest BCUT2D eigenvalue weighted by Gasteiger charge is 2.11. The summed E-state index contributed by atoms with van der Waals surface area (Å²) in [7, 11) is 1.54. The van der Waals surface area contributed by atoms with Crippen molar-refractivity contribution in [3.05, 3.63) is 23.8 Å². The molecule has 0 heterocycles. The second-order valence-corrected chi connectivity index (χ2v) is 4.19. The zero-order valence-corrected chi connectivity index (χ0v) is 12.5. The van der Waals surface area contributed by atoms with Crippen LogP contribution in [0.25, 0.3) is 0 Å². The number of alkyl halides is 2. The first-order valence-corrected chi connectivity index (χ1v) is 6.78. The van der Waals surface area contributed by atoms with Gasteiger partial charge in [-0.15, -0.1) is 0 Å². The molecule has 2 N–H and O–H groups in total. The third-order valence-corrected chi connectivity index (χ3v) is 2.57. The number of nitrogens with one attached hydrogen (secondary N) is 2. The molecule has 0 fully saturated rings. The lowest BCUT2D eigenvalue weighted by molar-refractivity contribution is -0.0514. The molecule has 0 saturated carbocycles. The summed E-state index contributed by atoms with van der Waals surface area (Å²) in [4.78, 5) is 11.5. The van der Waals surface area contributed by atoms with Gasteiger partial charge in [-0.1, -0.05) is 6.07 Å². The molecule has 0 aliphatic heterocycles. The Hall–Kier alpha value is -2.09. The summed E-state index contributed by atoms with van der Waals surface area (Å²) in [6.45, 7) is 0.173. The third kappa shape index (κ3) is 6.57. The van der Waals surface area contributed by atoms with Crippen LogP contribution in [0.1, 0.15) is 12.5 Å². The Balaban J connectivity index is 2.60. The summed E-state index contributed by atoms with van der Waals surface area (Å²) < 4.78 is 39.0. The number of carbonyl (C=O) groups excluding carboxylic acids is 1. The molecular weight excluding hydrogens is 298 g/mol. The van der Waals surface area contributed by atoms with E-state index >= 15 is 0 Å². The number of amides is 2. The van der Waals surface area contributed by atoms with E-state index in [1.807, 2.05) is 0 Å². The molecule has 0 spiro atoms. The van der Waals surface area contributed by atoms with Crippen LogP contribution in [0.4, 0.5) is 13.6 Å². The summed E-state index contributed by atoms with van der Waals surface area (Å²) in [5, 5.41) is 5.24. The molecule has 0 saturated heterocycles. The second-order valence-electron chi connectivity index (χ2n) is 4.19. The zero-order chi connectivity index (χ0) is 16.4. The van der Waals surface area contributed by atoms with Crippen molar-refractivity contribution in [2.75, 3.05) is 26.9 Å². The van der Waals surface area contributed by atoms with Crippen LogP contribution in [-0.2, 0) is 11.3 Å². The largest absolute Gasteiger partial charge is 0.490 e. The normalized spacial score (nSPS) is 10.4. The van der Waals surface area contributed by atoms with E-state index in [4.69, 9.17) is 9.47 Å². The standard InChI is InChI=1S/C14H20F2N2O4/c1-3-21-12-8-10(4-5-11(12)22-13(15)16)9-18-14(19)17-6-7-20-2/h4-5,8,13H,3,6-7,9H2,1-2H3,(H2,17,18,19). The number of methoxy groups -OCH3 is 1. The van der Waals surface area contributed by atoms with Crippen molar-refractivity contribution < 1.29 is 27.8 Å². The van der Waals surface area contributed by atoms with Crippen LogP contribution in [0, 0.1) is 0 Å². The predicted molar refractivity (Wildman–Crippen MR) is 76.4 cm³/mol. The molecule has 0 unspecified atom stereocenters. The first-order chi connectivity index (χ1) is 10.6. The van der Waals surface area contributed by atoms with Gasteiger partial charge in [0.05, 0.1) is 13.2 Å². The molecular formula is C14H20F2N2O4. The monoisotopic (exact) mass is 318 g/mol. The van der Waals surface area contributed by atoms with Gasteiger partial charge in [0.1, 0.15) is 0 Å². The number of benzene rings is 1.